The summed E-state index contributed by atoms with van der Waals surface area (Å²) in [5.74, 6) is 2.66. The molecule has 0 atom stereocenters. The van der Waals surface area contributed by atoms with Crippen LogP contribution in [0.2, 0.25) is 0 Å². The first kappa shape index (κ1) is 17.7. The summed E-state index contributed by atoms with van der Waals surface area (Å²) in [6.07, 6.45) is 0.784. The van der Waals surface area contributed by atoms with Gasteiger partial charge in [0.05, 0.1) is 4.92 Å². The summed E-state index contributed by atoms with van der Waals surface area (Å²) in [5, 5.41) is 14.3. The van der Waals surface area contributed by atoms with Crippen molar-refractivity contribution in [2.75, 3.05) is 18.7 Å². The van der Waals surface area contributed by atoms with Gasteiger partial charge < -0.3 is 14.8 Å². The Balaban J connectivity index is 1.47. The zero-order chi connectivity index (χ0) is 19.5. The van der Waals surface area contributed by atoms with E-state index in [0.717, 1.165) is 29.2 Å². The molecule has 1 aromatic heterocycles. The molecule has 8 heteroatoms. The van der Waals surface area contributed by atoms with Gasteiger partial charge in [0.1, 0.15) is 5.82 Å². The third-order valence-electron chi connectivity index (χ3n) is 4.33. The number of rotatable bonds is 6. The second kappa shape index (κ2) is 7.51. The Morgan fingerprint density at radius 1 is 1.11 bits per heavy atom. The molecule has 0 amide bonds. The van der Waals surface area contributed by atoms with Crippen molar-refractivity contribution >= 4 is 11.5 Å². The summed E-state index contributed by atoms with van der Waals surface area (Å²) in [6, 6.07) is 14.1. The number of non-ortho nitro benzene ring substituents is 1. The van der Waals surface area contributed by atoms with Gasteiger partial charge in [-0.15, -0.1) is 0 Å². The summed E-state index contributed by atoms with van der Waals surface area (Å²) in [4.78, 5) is 19.5. The average Bonchev–Trinajstić information content (AvgIpc) is 3.15. The van der Waals surface area contributed by atoms with Crippen LogP contribution < -0.4 is 14.8 Å². The number of benzene rings is 2. The SMILES string of the molecule is Cc1cc(NCCc2ccc3c(c2)OCO3)nc(-c2cccc([N+](=O)[O-])c2)n1. The van der Waals surface area contributed by atoms with Crippen LogP contribution in [-0.2, 0) is 6.42 Å². The zero-order valence-corrected chi connectivity index (χ0v) is 15.2. The second-order valence-corrected chi connectivity index (χ2v) is 6.39. The van der Waals surface area contributed by atoms with E-state index >= 15 is 0 Å². The molecule has 2 aromatic carbocycles. The first-order valence-electron chi connectivity index (χ1n) is 8.81. The molecular formula is C20H18N4O4. The van der Waals surface area contributed by atoms with Crippen molar-refractivity contribution in [3.05, 3.63) is 69.9 Å². The topological polar surface area (TPSA) is 99.4 Å². The maximum Gasteiger partial charge on any atom is 0.270 e. The van der Waals surface area contributed by atoms with E-state index in [2.05, 4.69) is 15.3 Å². The third-order valence-corrected chi connectivity index (χ3v) is 4.33. The maximum absolute atomic E-state index is 11.0. The number of hydrogen-bond acceptors (Lipinski definition) is 7. The van der Waals surface area contributed by atoms with Gasteiger partial charge in [-0.3, -0.25) is 10.1 Å². The minimum atomic E-state index is -0.427. The highest BCUT2D eigenvalue weighted by molar-refractivity contribution is 5.61. The van der Waals surface area contributed by atoms with Gasteiger partial charge >= 0.3 is 0 Å². The summed E-state index contributed by atoms with van der Waals surface area (Å²) in [5.41, 5.74) is 2.53. The number of nitrogens with zero attached hydrogens (tertiary/aromatic N) is 3. The molecule has 0 spiro atoms. The molecule has 142 valence electrons. The van der Waals surface area contributed by atoms with Gasteiger partial charge in [0.25, 0.3) is 5.69 Å². The number of aryl methyl sites for hydroxylation is 1. The van der Waals surface area contributed by atoms with Gasteiger partial charge in [-0.2, -0.15) is 0 Å². The number of anilines is 1. The van der Waals surface area contributed by atoms with E-state index in [1.807, 2.05) is 31.2 Å². The van der Waals surface area contributed by atoms with Gasteiger partial charge in [-0.25, -0.2) is 9.97 Å². The maximum atomic E-state index is 11.0. The van der Waals surface area contributed by atoms with Crippen LogP contribution >= 0.6 is 0 Å². The van der Waals surface area contributed by atoms with E-state index in [0.29, 0.717) is 23.8 Å². The van der Waals surface area contributed by atoms with E-state index < -0.39 is 4.92 Å². The van der Waals surface area contributed by atoms with Crippen molar-refractivity contribution in [3.8, 4) is 22.9 Å². The zero-order valence-electron chi connectivity index (χ0n) is 15.2. The Hall–Kier alpha value is -3.68. The Bertz CT molecular complexity index is 1040. The lowest BCUT2D eigenvalue weighted by Crippen LogP contribution is -2.08. The highest BCUT2D eigenvalue weighted by Gasteiger charge is 2.13. The highest BCUT2D eigenvalue weighted by atomic mass is 16.7. The van der Waals surface area contributed by atoms with Crippen LogP contribution in [0.15, 0.2) is 48.5 Å². The van der Waals surface area contributed by atoms with Crippen LogP contribution in [-0.4, -0.2) is 28.2 Å². The molecule has 1 aliphatic heterocycles. The molecule has 0 saturated carbocycles. The first-order chi connectivity index (χ1) is 13.6. The monoisotopic (exact) mass is 378 g/mol. The van der Waals surface area contributed by atoms with Gasteiger partial charge in [0, 0.05) is 36.0 Å². The fourth-order valence-electron chi connectivity index (χ4n) is 2.98. The van der Waals surface area contributed by atoms with Gasteiger partial charge in [0.15, 0.2) is 17.3 Å². The van der Waals surface area contributed by atoms with E-state index in [-0.39, 0.29) is 12.5 Å². The standard InChI is InChI=1S/C20H18N4O4/c1-13-9-19(21-8-7-14-5-6-17-18(10-14)28-12-27-17)23-20(22-13)15-3-2-4-16(11-15)24(25)26/h2-6,9-11H,7-8,12H2,1H3,(H,21,22,23). The van der Waals surface area contributed by atoms with Gasteiger partial charge in [0.2, 0.25) is 6.79 Å². The Labute approximate surface area is 161 Å². The molecule has 3 aromatic rings. The number of nitrogens with one attached hydrogen (secondary N) is 1. The van der Waals surface area contributed by atoms with E-state index in [9.17, 15) is 10.1 Å². The van der Waals surface area contributed by atoms with Crippen molar-refractivity contribution in [3.63, 3.8) is 0 Å². The molecule has 0 bridgehead atoms. The number of ether oxygens (including phenoxy) is 2. The first-order valence-corrected chi connectivity index (χ1v) is 8.81. The fourth-order valence-corrected chi connectivity index (χ4v) is 2.98. The van der Waals surface area contributed by atoms with Crippen molar-refractivity contribution in [2.24, 2.45) is 0 Å². The highest BCUT2D eigenvalue weighted by Crippen LogP contribution is 2.32. The molecule has 0 aliphatic carbocycles. The van der Waals surface area contributed by atoms with E-state index in [4.69, 9.17) is 9.47 Å². The summed E-state index contributed by atoms with van der Waals surface area (Å²) < 4.78 is 10.7. The summed E-state index contributed by atoms with van der Waals surface area (Å²) in [6.45, 7) is 2.80. The number of nitro benzene ring substituents is 1. The number of fused-ring (bicyclic) bond motifs is 1. The molecule has 1 N–H and O–H groups in total. The van der Waals surface area contributed by atoms with Crippen LogP contribution in [0.25, 0.3) is 11.4 Å². The molecular weight excluding hydrogens is 360 g/mol. The van der Waals surface area contributed by atoms with Crippen LogP contribution in [0.3, 0.4) is 0 Å². The third kappa shape index (κ3) is 3.85. The molecule has 0 saturated heterocycles. The van der Waals surface area contributed by atoms with Crippen LogP contribution in [0, 0.1) is 17.0 Å². The molecule has 0 fully saturated rings. The number of aromatic nitrogens is 2. The van der Waals surface area contributed by atoms with Crippen LogP contribution in [0.5, 0.6) is 11.5 Å². The molecule has 0 unspecified atom stereocenters. The Morgan fingerprint density at radius 3 is 2.82 bits per heavy atom. The van der Waals surface area contributed by atoms with Crippen LogP contribution in [0.1, 0.15) is 11.3 Å². The minimum Gasteiger partial charge on any atom is -0.454 e. The van der Waals surface area contributed by atoms with Gasteiger partial charge in [-0.05, 0) is 31.0 Å². The van der Waals surface area contributed by atoms with E-state index in [1.54, 1.807) is 12.1 Å². The quantitative estimate of drug-likeness (QED) is 0.515. The summed E-state index contributed by atoms with van der Waals surface area (Å²) >= 11 is 0. The van der Waals surface area contributed by atoms with Crippen LogP contribution in [0.4, 0.5) is 11.5 Å². The molecule has 28 heavy (non-hydrogen) atoms. The minimum absolute atomic E-state index is 0.0138. The smallest absolute Gasteiger partial charge is 0.270 e. The fraction of sp³-hybridized carbons (Fsp3) is 0.200. The average molecular weight is 378 g/mol. The lowest BCUT2D eigenvalue weighted by atomic mass is 10.1. The molecule has 1 aliphatic rings. The number of hydrogen-bond donors (Lipinski definition) is 1. The van der Waals surface area contributed by atoms with Crippen molar-refractivity contribution in [2.45, 2.75) is 13.3 Å². The normalized spacial score (nSPS) is 12.0. The van der Waals surface area contributed by atoms with Crippen molar-refractivity contribution in [1.29, 1.82) is 0 Å². The molecule has 0 radical (unpaired) electrons. The second-order valence-electron chi connectivity index (χ2n) is 6.39. The van der Waals surface area contributed by atoms with Gasteiger partial charge in [-0.1, -0.05) is 18.2 Å². The Kier molecular flexibility index (Phi) is 4.76. The lowest BCUT2D eigenvalue weighted by molar-refractivity contribution is -0.384. The molecule has 8 nitrogen and oxygen atoms in total. The predicted octanol–water partition coefficient (Wildman–Crippen LogP) is 3.74. The predicted molar refractivity (Wildman–Crippen MR) is 104 cm³/mol. The molecule has 2 heterocycles. The number of nitro groups is 1. The molecule has 4 rings (SSSR count). The van der Waals surface area contributed by atoms with E-state index in [1.165, 1.54) is 12.1 Å². The summed E-state index contributed by atoms with van der Waals surface area (Å²) in [7, 11) is 0. The lowest BCUT2D eigenvalue weighted by Gasteiger charge is -2.09. The van der Waals surface area contributed by atoms with Crippen molar-refractivity contribution in [1.82, 2.24) is 9.97 Å². The Morgan fingerprint density at radius 2 is 1.96 bits per heavy atom. The largest absolute Gasteiger partial charge is 0.454 e. The van der Waals surface area contributed by atoms with Crippen molar-refractivity contribution < 1.29 is 14.4 Å².